The number of benzene rings is 1. The number of aromatic nitrogens is 2. The summed E-state index contributed by atoms with van der Waals surface area (Å²) in [7, 11) is 0. The van der Waals surface area contributed by atoms with E-state index in [1.165, 1.54) is 35.0 Å². The number of carbonyl (C=O) groups is 2. The third-order valence-corrected chi connectivity index (χ3v) is 4.63. The lowest BCUT2D eigenvalue weighted by Gasteiger charge is -2.14. The number of aliphatic hydroxyl groups excluding tert-OH is 2. The molecule has 32 heavy (non-hydrogen) atoms. The van der Waals surface area contributed by atoms with Crippen LogP contribution < -0.4 is 10.4 Å². The molecule has 0 aliphatic rings. The molecule has 2 aromatic rings. The predicted octanol–water partition coefficient (Wildman–Crippen LogP) is 1.54. The highest BCUT2D eigenvalue weighted by molar-refractivity contribution is 5.95. The van der Waals surface area contributed by atoms with Gasteiger partial charge in [0.15, 0.2) is 5.69 Å². The van der Waals surface area contributed by atoms with Crippen LogP contribution in [0.15, 0.2) is 30.3 Å². The molecule has 0 saturated heterocycles. The number of halogens is 1. The van der Waals surface area contributed by atoms with E-state index in [0.717, 1.165) is 0 Å². The van der Waals surface area contributed by atoms with Crippen molar-refractivity contribution in [3.63, 3.8) is 0 Å². The Morgan fingerprint density at radius 3 is 2.34 bits per heavy atom. The van der Waals surface area contributed by atoms with E-state index in [2.05, 4.69) is 10.4 Å². The van der Waals surface area contributed by atoms with Crippen molar-refractivity contribution in [1.82, 2.24) is 15.1 Å². The van der Waals surface area contributed by atoms with Crippen LogP contribution in [0.1, 0.15) is 68.2 Å². The number of rotatable bonds is 10. The average molecular weight is 446 g/mol. The number of aliphatic hydroxyl groups is 2. The lowest BCUT2D eigenvalue weighted by molar-refractivity contribution is -0.307. The molecule has 0 bridgehead atoms. The number of carbonyl (C=O) groups excluding carboxylic acids is 2. The topological polar surface area (TPSA) is 128 Å². The van der Waals surface area contributed by atoms with Crippen LogP contribution in [0.25, 0.3) is 11.8 Å². The van der Waals surface area contributed by atoms with Gasteiger partial charge in [0.25, 0.3) is 5.91 Å². The Kier molecular flexibility index (Phi) is 8.68. The first kappa shape index (κ1) is 25.2. The molecule has 1 aromatic carbocycles. The highest BCUT2D eigenvalue weighted by Crippen LogP contribution is 2.28. The molecule has 0 unspecified atom stereocenters. The number of nitrogens with zero attached hydrogens (tertiary/aromatic N) is 2. The molecule has 0 fully saturated rings. The first-order valence-corrected chi connectivity index (χ1v) is 10.4. The van der Waals surface area contributed by atoms with Crippen LogP contribution in [0.5, 0.6) is 0 Å². The second-order valence-corrected chi connectivity index (χ2v) is 8.21. The second kappa shape index (κ2) is 11.0. The van der Waals surface area contributed by atoms with Gasteiger partial charge in [-0.25, -0.2) is 9.07 Å². The third kappa shape index (κ3) is 6.73. The zero-order chi connectivity index (χ0) is 24.0. The fourth-order valence-electron chi connectivity index (χ4n) is 3.29. The Morgan fingerprint density at radius 2 is 1.81 bits per heavy atom. The molecule has 0 aliphatic heterocycles. The molecule has 0 saturated carbocycles. The van der Waals surface area contributed by atoms with Gasteiger partial charge in [-0.2, -0.15) is 5.10 Å². The van der Waals surface area contributed by atoms with Gasteiger partial charge in [-0.15, -0.1) is 0 Å². The number of nitrogens with one attached hydrogen (secondary N) is 1. The fourth-order valence-corrected chi connectivity index (χ4v) is 3.29. The number of hydrogen-bond acceptors (Lipinski definition) is 6. The smallest absolute Gasteiger partial charge is 0.272 e. The lowest BCUT2D eigenvalue weighted by atomic mass is 9.98. The van der Waals surface area contributed by atoms with E-state index in [0.29, 0.717) is 16.9 Å². The molecule has 1 aromatic heterocycles. The molecule has 8 nitrogen and oxygen atoms in total. The minimum absolute atomic E-state index is 0.107. The first-order chi connectivity index (χ1) is 15.0. The van der Waals surface area contributed by atoms with Crippen molar-refractivity contribution in [3.8, 4) is 5.69 Å². The van der Waals surface area contributed by atoms with Crippen LogP contribution >= 0.6 is 0 Å². The number of carboxylic acids is 1. The number of aliphatic carboxylic acids is 1. The van der Waals surface area contributed by atoms with E-state index >= 15 is 0 Å². The fraction of sp³-hybridized carbons (Fsp3) is 0.435. The van der Waals surface area contributed by atoms with Crippen molar-refractivity contribution in [2.45, 2.75) is 64.7 Å². The van der Waals surface area contributed by atoms with Gasteiger partial charge < -0.3 is 25.4 Å². The lowest BCUT2D eigenvalue weighted by Crippen LogP contribution is -2.31. The van der Waals surface area contributed by atoms with Crippen LogP contribution in [-0.2, 0) is 4.79 Å². The van der Waals surface area contributed by atoms with Gasteiger partial charge in [0.05, 0.1) is 23.6 Å². The van der Waals surface area contributed by atoms with E-state index < -0.39 is 30.4 Å². The summed E-state index contributed by atoms with van der Waals surface area (Å²) in [6.07, 6.45) is -0.241. The van der Waals surface area contributed by atoms with Gasteiger partial charge >= 0.3 is 0 Å². The van der Waals surface area contributed by atoms with Crippen molar-refractivity contribution in [2.75, 3.05) is 0 Å². The summed E-state index contributed by atoms with van der Waals surface area (Å²) in [5.41, 5.74) is 1.87. The van der Waals surface area contributed by atoms with E-state index in [9.17, 15) is 29.3 Å². The SMILES string of the molecule is CC(C)NC(=O)c1nn(-c2ccc(F)cc2)c(/C=C/[C@@H](O)C[C@@H](O)CC(=O)[O-])c1C(C)C. The van der Waals surface area contributed by atoms with E-state index in [1.807, 2.05) is 27.7 Å². The van der Waals surface area contributed by atoms with E-state index in [4.69, 9.17) is 0 Å². The van der Waals surface area contributed by atoms with Gasteiger partial charge in [-0.1, -0.05) is 19.9 Å². The Balaban J connectivity index is 2.51. The molecule has 1 amide bonds. The van der Waals surface area contributed by atoms with E-state index in [1.54, 1.807) is 6.08 Å². The second-order valence-electron chi connectivity index (χ2n) is 8.21. The number of carboxylic acid groups (broad SMARTS) is 1. The van der Waals surface area contributed by atoms with Crippen LogP contribution in [-0.4, -0.2) is 50.1 Å². The molecule has 1 heterocycles. The summed E-state index contributed by atoms with van der Waals surface area (Å²) >= 11 is 0. The van der Waals surface area contributed by atoms with Crippen molar-refractivity contribution < 1.29 is 29.3 Å². The minimum atomic E-state index is -1.41. The zero-order valence-electron chi connectivity index (χ0n) is 18.6. The minimum Gasteiger partial charge on any atom is -0.550 e. The maximum Gasteiger partial charge on any atom is 0.272 e. The summed E-state index contributed by atoms with van der Waals surface area (Å²) in [4.78, 5) is 23.4. The normalized spacial score (nSPS) is 13.7. The van der Waals surface area contributed by atoms with Crippen LogP contribution in [0.4, 0.5) is 4.39 Å². The van der Waals surface area contributed by atoms with Gasteiger partial charge in [0, 0.05) is 30.4 Å². The summed E-state index contributed by atoms with van der Waals surface area (Å²) in [6.45, 7) is 7.46. The van der Waals surface area contributed by atoms with Gasteiger partial charge in [-0.3, -0.25) is 4.79 Å². The Bertz CT molecular complexity index is 967. The summed E-state index contributed by atoms with van der Waals surface area (Å²) in [5.74, 6) is -2.30. The van der Waals surface area contributed by atoms with Crippen LogP contribution in [0, 0.1) is 5.82 Å². The monoisotopic (exact) mass is 446 g/mol. The van der Waals surface area contributed by atoms with Gasteiger partial charge in [-0.05, 0) is 50.1 Å². The molecule has 9 heteroatoms. The molecule has 0 aliphatic carbocycles. The zero-order valence-corrected chi connectivity index (χ0v) is 18.6. The van der Waals surface area contributed by atoms with Crippen molar-refractivity contribution in [3.05, 3.63) is 53.1 Å². The summed E-state index contributed by atoms with van der Waals surface area (Å²) in [5, 5.41) is 37.9. The van der Waals surface area contributed by atoms with Gasteiger partial charge in [0.2, 0.25) is 0 Å². The predicted molar refractivity (Wildman–Crippen MR) is 116 cm³/mol. The Labute approximate surface area is 186 Å². The molecule has 174 valence electrons. The quantitative estimate of drug-likeness (QED) is 0.508. The average Bonchev–Trinajstić information content (AvgIpc) is 3.05. The largest absolute Gasteiger partial charge is 0.550 e. The number of hydrogen-bond donors (Lipinski definition) is 3. The molecule has 2 rings (SSSR count). The maximum atomic E-state index is 13.4. The summed E-state index contributed by atoms with van der Waals surface area (Å²) in [6, 6.07) is 5.49. The molecule has 0 radical (unpaired) electrons. The van der Waals surface area contributed by atoms with Crippen LogP contribution in [0.2, 0.25) is 0 Å². The highest BCUT2D eigenvalue weighted by atomic mass is 19.1. The molecular formula is C23H29FN3O5-. The molecule has 2 atom stereocenters. The number of amides is 1. The Morgan fingerprint density at radius 1 is 1.19 bits per heavy atom. The molecule has 0 spiro atoms. The van der Waals surface area contributed by atoms with Gasteiger partial charge in [0.1, 0.15) is 5.82 Å². The first-order valence-electron chi connectivity index (χ1n) is 10.4. The third-order valence-electron chi connectivity index (χ3n) is 4.63. The molecule has 3 N–H and O–H groups in total. The molecular weight excluding hydrogens is 417 g/mol. The maximum absolute atomic E-state index is 13.4. The summed E-state index contributed by atoms with van der Waals surface area (Å²) < 4.78 is 14.9. The van der Waals surface area contributed by atoms with Crippen molar-refractivity contribution in [2.24, 2.45) is 0 Å². The van der Waals surface area contributed by atoms with E-state index in [-0.39, 0.29) is 30.0 Å². The van der Waals surface area contributed by atoms with Crippen molar-refractivity contribution in [1.29, 1.82) is 0 Å². The highest BCUT2D eigenvalue weighted by Gasteiger charge is 2.25. The Hall–Kier alpha value is -3.04. The standard InChI is InChI=1S/C23H30FN3O5/c1-13(2)21-19(10-9-17(28)11-18(29)12-20(30)31)27(16-7-5-15(24)6-8-16)26-22(21)23(32)25-14(3)4/h5-10,13-14,17-18,28-29H,11-12H2,1-4H3,(H,25,32)(H,30,31)/p-1/b10-9+/t17-,18-/m1/s1. The van der Waals surface area contributed by atoms with Crippen molar-refractivity contribution >= 4 is 18.0 Å². The van der Waals surface area contributed by atoms with Crippen LogP contribution in [0.3, 0.4) is 0 Å².